The summed E-state index contributed by atoms with van der Waals surface area (Å²) >= 11 is 0. The quantitative estimate of drug-likeness (QED) is 0.820. The van der Waals surface area contributed by atoms with Crippen molar-refractivity contribution in [3.05, 3.63) is 23.7 Å². The van der Waals surface area contributed by atoms with Crippen molar-refractivity contribution in [1.29, 1.82) is 0 Å². The van der Waals surface area contributed by atoms with Crippen molar-refractivity contribution in [2.45, 2.75) is 32.9 Å². The first-order valence-electron chi connectivity index (χ1n) is 4.84. The highest BCUT2D eigenvalue weighted by Gasteiger charge is 2.27. The molecule has 0 unspecified atom stereocenters. The smallest absolute Gasteiger partial charge is 0.254 e. The van der Waals surface area contributed by atoms with Crippen LogP contribution in [0.4, 0.5) is 0 Å². The lowest BCUT2D eigenvalue weighted by Gasteiger charge is -2.24. The van der Waals surface area contributed by atoms with Crippen molar-refractivity contribution in [2.24, 2.45) is 0 Å². The molecule has 84 valence electrons. The maximum atomic E-state index is 11.6. The minimum atomic E-state index is -1.34. The minimum absolute atomic E-state index is 0.323. The molecule has 0 fully saturated rings. The Morgan fingerprint density at radius 3 is 2.53 bits per heavy atom. The van der Waals surface area contributed by atoms with Crippen molar-refractivity contribution in [2.75, 3.05) is 7.05 Å². The van der Waals surface area contributed by atoms with Crippen LogP contribution in [-0.4, -0.2) is 28.6 Å². The summed E-state index contributed by atoms with van der Waals surface area (Å²) in [5.74, 6) is 1.21. The van der Waals surface area contributed by atoms with Gasteiger partial charge in [-0.3, -0.25) is 4.79 Å². The first kappa shape index (κ1) is 11.8. The molecule has 0 aromatic carbocycles. The highest BCUT2D eigenvalue weighted by Crippen LogP contribution is 2.12. The molecule has 15 heavy (non-hydrogen) atoms. The number of hydrogen-bond acceptors (Lipinski definition) is 3. The van der Waals surface area contributed by atoms with Gasteiger partial charge in [0, 0.05) is 7.05 Å². The molecule has 0 aliphatic heterocycles. The van der Waals surface area contributed by atoms with Gasteiger partial charge in [-0.1, -0.05) is 0 Å². The summed E-state index contributed by atoms with van der Waals surface area (Å²) in [5.41, 5.74) is -1.34. The van der Waals surface area contributed by atoms with Crippen LogP contribution in [0.15, 0.2) is 16.5 Å². The van der Waals surface area contributed by atoms with E-state index in [4.69, 9.17) is 4.42 Å². The van der Waals surface area contributed by atoms with Crippen LogP contribution in [0.25, 0.3) is 0 Å². The third-order valence-corrected chi connectivity index (χ3v) is 2.06. The van der Waals surface area contributed by atoms with E-state index < -0.39 is 5.60 Å². The SMILES string of the molecule is Cc1ccc(CN(C)C(=O)C(C)(C)O)o1. The van der Waals surface area contributed by atoms with E-state index in [0.717, 1.165) is 5.76 Å². The number of carbonyl (C=O) groups is 1. The monoisotopic (exact) mass is 211 g/mol. The number of carbonyl (C=O) groups excluding carboxylic acids is 1. The first-order chi connectivity index (χ1) is 6.80. The molecule has 0 saturated carbocycles. The Kier molecular flexibility index (Phi) is 3.19. The Bertz CT molecular complexity index is 349. The highest BCUT2D eigenvalue weighted by atomic mass is 16.3. The summed E-state index contributed by atoms with van der Waals surface area (Å²) < 4.78 is 5.34. The van der Waals surface area contributed by atoms with Crippen LogP contribution >= 0.6 is 0 Å². The zero-order valence-electron chi connectivity index (χ0n) is 9.57. The molecule has 0 bridgehead atoms. The van der Waals surface area contributed by atoms with Gasteiger partial charge in [0.2, 0.25) is 0 Å². The maximum absolute atomic E-state index is 11.6. The van der Waals surface area contributed by atoms with E-state index >= 15 is 0 Å². The van der Waals surface area contributed by atoms with Crippen molar-refractivity contribution in [3.8, 4) is 0 Å². The van der Waals surface area contributed by atoms with Gasteiger partial charge in [0.25, 0.3) is 5.91 Å². The molecule has 1 rings (SSSR count). The van der Waals surface area contributed by atoms with Gasteiger partial charge in [0.05, 0.1) is 6.54 Å². The summed E-state index contributed by atoms with van der Waals surface area (Å²) in [6.07, 6.45) is 0. The van der Waals surface area contributed by atoms with Crippen molar-refractivity contribution >= 4 is 5.91 Å². The third kappa shape index (κ3) is 3.09. The van der Waals surface area contributed by atoms with E-state index in [0.29, 0.717) is 12.3 Å². The fraction of sp³-hybridized carbons (Fsp3) is 0.545. The molecule has 1 N–H and O–H groups in total. The van der Waals surface area contributed by atoms with E-state index in [9.17, 15) is 9.90 Å². The second-order valence-corrected chi connectivity index (χ2v) is 4.23. The average Bonchev–Trinajstić information content (AvgIpc) is 2.48. The molecule has 0 aliphatic rings. The van der Waals surface area contributed by atoms with Gasteiger partial charge in [-0.15, -0.1) is 0 Å². The number of rotatable bonds is 3. The molecule has 4 heteroatoms. The summed E-state index contributed by atoms with van der Waals surface area (Å²) in [5, 5.41) is 9.52. The number of furan rings is 1. The van der Waals surface area contributed by atoms with Crippen LogP contribution in [-0.2, 0) is 11.3 Å². The van der Waals surface area contributed by atoms with E-state index in [-0.39, 0.29) is 5.91 Å². The highest BCUT2D eigenvalue weighted by molar-refractivity contribution is 5.83. The zero-order chi connectivity index (χ0) is 11.6. The van der Waals surface area contributed by atoms with Crippen molar-refractivity contribution in [1.82, 2.24) is 4.90 Å². The minimum Gasteiger partial charge on any atom is -0.464 e. The fourth-order valence-corrected chi connectivity index (χ4v) is 1.34. The number of hydrogen-bond donors (Lipinski definition) is 1. The molecular weight excluding hydrogens is 194 g/mol. The van der Waals surface area contributed by atoms with Crippen LogP contribution in [0.3, 0.4) is 0 Å². The molecular formula is C11H17NO3. The lowest BCUT2D eigenvalue weighted by Crippen LogP contribution is -2.42. The summed E-state index contributed by atoms with van der Waals surface area (Å²) in [6.45, 7) is 5.16. The van der Waals surface area contributed by atoms with Gasteiger partial charge in [-0.2, -0.15) is 0 Å². The molecule has 0 atom stereocenters. The Labute approximate surface area is 89.5 Å². The van der Waals surface area contributed by atoms with Crippen LogP contribution in [0.2, 0.25) is 0 Å². The summed E-state index contributed by atoms with van der Waals surface area (Å²) in [7, 11) is 1.64. The second kappa shape index (κ2) is 4.06. The molecule has 4 nitrogen and oxygen atoms in total. The molecule has 0 spiro atoms. The Balaban J connectivity index is 2.64. The number of amides is 1. The molecule has 1 aromatic rings. The van der Waals surface area contributed by atoms with Gasteiger partial charge in [0.15, 0.2) is 0 Å². The van der Waals surface area contributed by atoms with Crippen LogP contribution < -0.4 is 0 Å². The maximum Gasteiger partial charge on any atom is 0.254 e. The fourth-order valence-electron chi connectivity index (χ4n) is 1.34. The predicted octanol–water partition coefficient (Wildman–Crippen LogP) is 1.32. The van der Waals surface area contributed by atoms with Crippen LogP contribution in [0, 0.1) is 6.92 Å². The molecule has 0 saturated heterocycles. The van der Waals surface area contributed by atoms with Gasteiger partial charge in [-0.25, -0.2) is 0 Å². The molecule has 1 heterocycles. The number of nitrogens with zero attached hydrogens (tertiary/aromatic N) is 1. The number of aliphatic hydroxyl groups is 1. The first-order valence-corrected chi connectivity index (χ1v) is 4.84. The normalized spacial score (nSPS) is 11.5. The average molecular weight is 211 g/mol. The van der Waals surface area contributed by atoms with Gasteiger partial charge in [0.1, 0.15) is 17.1 Å². The van der Waals surface area contributed by atoms with Gasteiger partial charge < -0.3 is 14.4 Å². The molecule has 1 aromatic heterocycles. The van der Waals surface area contributed by atoms with E-state index in [1.54, 1.807) is 7.05 Å². The van der Waals surface area contributed by atoms with Gasteiger partial charge in [-0.05, 0) is 32.9 Å². The second-order valence-electron chi connectivity index (χ2n) is 4.23. The zero-order valence-corrected chi connectivity index (χ0v) is 9.57. The third-order valence-electron chi connectivity index (χ3n) is 2.06. The van der Waals surface area contributed by atoms with E-state index in [1.165, 1.54) is 18.7 Å². The summed E-state index contributed by atoms with van der Waals surface area (Å²) in [4.78, 5) is 13.1. The van der Waals surface area contributed by atoms with Gasteiger partial charge >= 0.3 is 0 Å². The van der Waals surface area contributed by atoms with Crippen molar-refractivity contribution in [3.63, 3.8) is 0 Å². The summed E-state index contributed by atoms with van der Waals surface area (Å²) in [6, 6.07) is 3.67. The Morgan fingerprint density at radius 1 is 1.53 bits per heavy atom. The Morgan fingerprint density at radius 2 is 2.13 bits per heavy atom. The van der Waals surface area contributed by atoms with E-state index in [2.05, 4.69) is 0 Å². The molecule has 0 radical (unpaired) electrons. The standard InChI is InChI=1S/C11H17NO3/c1-8-5-6-9(15-8)7-12(4)10(13)11(2,3)14/h5-6,14H,7H2,1-4H3. The van der Waals surface area contributed by atoms with E-state index in [1.807, 2.05) is 19.1 Å². The van der Waals surface area contributed by atoms with Crippen LogP contribution in [0.5, 0.6) is 0 Å². The lowest BCUT2D eigenvalue weighted by atomic mass is 10.1. The largest absolute Gasteiger partial charge is 0.464 e. The molecule has 0 aliphatic carbocycles. The van der Waals surface area contributed by atoms with Crippen molar-refractivity contribution < 1.29 is 14.3 Å². The topological polar surface area (TPSA) is 53.7 Å². The number of aryl methyl sites for hydroxylation is 1. The predicted molar refractivity (Wildman–Crippen MR) is 56.2 cm³/mol. The Hall–Kier alpha value is -1.29. The lowest BCUT2D eigenvalue weighted by molar-refractivity contribution is -0.147. The number of likely N-dealkylation sites (N-methyl/N-ethyl adjacent to an activating group) is 1. The molecule has 1 amide bonds. The van der Waals surface area contributed by atoms with Crippen LogP contribution in [0.1, 0.15) is 25.4 Å².